The third-order valence-electron chi connectivity index (χ3n) is 5.28. The van der Waals surface area contributed by atoms with Gasteiger partial charge in [-0.3, -0.25) is 9.59 Å². The van der Waals surface area contributed by atoms with Crippen molar-refractivity contribution in [1.29, 1.82) is 0 Å². The SMILES string of the molecule is CC[C@H](C)NC(=O)c1nn(-c2ccc(C)c(F)c2)c(=O)n([C@H](C)c2ccccc2)c1=O. The first-order valence-corrected chi connectivity index (χ1v) is 10.1. The van der Waals surface area contributed by atoms with Gasteiger partial charge in [-0.15, -0.1) is 0 Å². The van der Waals surface area contributed by atoms with Crippen molar-refractivity contribution >= 4 is 5.91 Å². The molecule has 0 aliphatic heterocycles. The second-order valence-electron chi connectivity index (χ2n) is 7.52. The molecule has 2 aromatic carbocycles. The Morgan fingerprint density at radius 3 is 2.42 bits per heavy atom. The number of aromatic nitrogens is 3. The summed E-state index contributed by atoms with van der Waals surface area (Å²) in [5.74, 6) is -1.21. The molecule has 0 bridgehead atoms. The van der Waals surface area contributed by atoms with Crippen LogP contribution in [0.5, 0.6) is 0 Å². The van der Waals surface area contributed by atoms with Crippen molar-refractivity contribution in [3.05, 3.63) is 92.0 Å². The fourth-order valence-corrected chi connectivity index (χ4v) is 3.13. The lowest BCUT2D eigenvalue weighted by molar-refractivity contribution is 0.0929. The average Bonchev–Trinajstić information content (AvgIpc) is 2.76. The van der Waals surface area contributed by atoms with E-state index in [1.807, 2.05) is 13.0 Å². The highest BCUT2D eigenvalue weighted by molar-refractivity contribution is 5.92. The van der Waals surface area contributed by atoms with E-state index >= 15 is 0 Å². The van der Waals surface area contributed by atoms with Crippen molar-refractivity contribution in [2.75, 3.05) is 0 Å². The minimum absolute atomic E-state index is 0.125. The van der Waals surface area contributed by atoms with E-state index in [0.717, 1.165) is 15.3 Å². The Hall–Kier alpha value is -3.55. The third-order valence-corrected chi connectivity index (χ3v) is 5.28. The van der Waals surface area contributed by atoms with E-state index in [0.29, 0.717) is 17.5 Å². The van der Waals surface area contributed by atoms with Crippen molar-refractivity contribution in [2.45, 2.75) is 46.2 Å². The van der Waals surface area contributed by atoms with Crippen LogP contribution >= 0.6 is 0 Å². The predicted octanol–water partition coefficient (Wildman–Crippen LogP) is 2.98. The van der Waals surface area contributed by atoms with Gasteiger partial charge in [-0.1, -0.05) is 43.3 Å². The number of hydrogen-bond donors (Lipinski definition) is 1. The Balaban J connectivity index is 2.27. The lowest BCUT2D eigenvalue weighted by atomic mass is 10.1. The molecule has 7 nitrogen and oxygen atoms in total. The predicted molar refractivity (Wildman–Crippen MR) is 116 cm³/mol. The molecule has 0 aliphatic rings. The fraction of sp³-hybridized carbons (Fsp3) is 0.304. The van der Waals surface area contributed by atoms with Crippen molar-refractivity contribution in [3.8, 4) is 5.69 Å². The molecular weight excluding hydrogens is 399 g/mol. The van der Waals surface area contributed by atoms with E-state index in [4.69, 9.17) is 0 Å². The molecule has 0 saturated carbocycles. The first kappa shape index (κ1) is 22.1. The summed E-state index contributed by atoms with van der Waals surface area (Å²) < 4.78 is 16.1. The average molecular weight is 424 g/mol. The summed E-state index contributed by atoms with van der Waals surface area (Å²) >= 11 is 0. The maximum absolute atomic E-state index is 14.2. The van der Waals surface area contributed by atoms with Gasteiger partial charge in [-0.25, -0.2) is 13.8 Å². The van der Waals surface area contributed by atoms with Gasteiger partial charge < -0.3 is 5.32 Å². The summed E-state index contributed by atoms with van der Waals surface area (Å²) in [5, 5.41) is 6.74. The summed E-state index contributed by atoms with van der Waals surface area (Å²) in [4.78, 5) is 39.2. The van der Waals surface area contributed by atoms with Crippen LogP contribution in [0.15, 0.2) is 58.1 Å². The maximum atomic E-state index is 14.2. The monoisotopic (exact) mass is 424 g/mol. The van der Waals surface area contributed by atoms with Crippen LogP contribution in [0.2, 0.25) is 0 Å². The molecule has 0 spiro atoms. The molecule has 0 fully saturated rings. The molecular formula is C23H25FN4O3. The first-order valence-electron chi connectivity index (χ1n) is 10.1. The van der Waals surface area contributed by atoms with Gasteiger partial charge in [0, 0.05) is 12.1 Å². The van der Waals surface area contributed by atoms with Crippen LogP contribution in [0.25, 0.3) is 5.69 Å². The molecule has 2 atom stereocenters. The van der Waals surface area contributed by atoms with Gasteiger partial charge >= 0.3 is 5.69 Å². The van der Waals surface area contributed by atoms with Gasteiger partial charge in [0.2, 0.25) is 5.69 Å². The second-order valence-corrected chi connectivity index (χ2v) is 7.52. The molecule has 1 amide bonds. The van der Waals surface area contributed by atoms with Gasteiger partial charge in [-0.2, -0.15) is 9.78 Å². The van der Waals surface area contributed by atoms with Crippen LogP contribution in [0.1, 0.15) is 54.8 Å². The molecule has 3 rings (SSSR count). The van der Waals surface area contributed by atoms with E-state index in [-0.39, 0.29) is 11.7 Å². The zero-order chi connectivity index (χ0) is 22.7. The Kier molecular flexibility index (Phi) is 6.48. The minimum Gasteiger partial charge on any atom is -0.348 e. The van der Waals surface area contributed by atoms with Crippen LogP contribution in [-0.2, 0) is 0 Å². The lowest BCUT2D eigenvalue weighted by Gasteiger charge is -2.18. The topological polar surface area (TPSA) is 86.0 Å². The number of carbonyl (C=O) groups excluding carboxylic acids is 1. The van der Waals surface area contributed by atoms with Gasteiger partial charge in [0.25, 0.3) is 11.5 Å². The molecule has 8 heteroatoms. The zero-order valence-corrected chi connectivity index (χ0v) is 17.9. The molecule has 0 saturated heterocycles. The van der Waals surface area contributed by atoms with Gasteiger partial charge in [0.15, 0.2) is 0 Å². The molecule has 162 valence electrons. The zero-order valence-electron chi connectivity index (χ0n) is 17.9. The smallest absolute Gasteiger partial charge is 0.348 e. The molecule has 1 heterocycles. The Morgan fingerprint density at radius 2 is 1.81 bits per heavy atom. The highest BCUT2D eigenvalue weighted by Gasteiger charge is 2.24. The normalized spacial score (nSPS) is 12.9. The van der Waals surface area contributed by atoms with E-state index < -0.39 is 34.7 Å². The van der Waals surface area contributed by atoms with E-state index in [1.165, 1.54) is 12.1 Å². The van der Waals surface area contributed by atoms with Crippen LogP contribution < -0.4 is 16.6 Å². The second kappa shape index (κ2) is 9.07. The lowest BCUT2D eigenvalue weighted by Crippen LogP contribution is -2.48. The molecule has 1 N–H and O–H groups in total. The number of benzene rings is 2. The highest BCUT2D eigenvalue weighted by Crippen LogP contribution is 2.15. The van der Waals surface area contributed by atoms with Crippen molar-refractivity contribution in [2.24, 2.45) is 0 Å². The molecule has 0 aliphatic carbocycles. The van der Waals surface area contributed by atoms with Crippen molar-refractivity contribution < 1.29 is 9.18 Å². The molecule has 0 unspecified atom stereocenters. The number of amides is 1. The van der Waals surface area contributed by atoms with Crippen LogP contribution in [0.3, 0.4) is 0 Å². The Morgan fingerprint density at radius 1 is 1.13 bits per heavy atom. The van der Waals surface area contributed by atoms with Crippen molar-refractivity contribution in [1.82, 2.24) is 19.7 Å². The van der Waals surface area contributed by atoms with Gasteiger partial charge in [0.05, 0.1) is 11.7 Å². The standard InChI is InChI=1S/C23H25FN4O3/c1-5-15(3)25-21(29)20-22(30)27(16(4)17-9-7-6-8-10-17)23(31)28(26-20)18-12-11-14(2)19(24)13-18/h6-13,15-16H,5H2,1-4H3,(H,25,29)/t15-,16+/m0/s1. The quantitative estimate of drug-likeness (QED) is 0.659. The molecule has 0 radical (unpaired) electrons. The van der Waals surface area contributed by atoms with E-state index in [9.17, 15) is 18.8 Å². The number of halogens is 1. The van der Waals surface area contributed by atoms with Gasteiger partial charge in [0.1, 0.15) is 5.82 Å². The summed E-state index contributed by atoms with van der Waals surface area (Å²) in [5.41, 5.74) is -0.751. The number of nitrogens with zero attached hydrogens (tertiary/aromatic N) is 3. The van der Waals surface area contributed by atoms with Crippen molar-refractivity contribution in [3.63, 3.8) is 0 Å². The minimum atomic E-state index is -0.800. The fourth-order valence-electron chi connectivity index (χ4n) is 3.13. The van der Waals surface area contributed by atoms with E-state index in [1.54, 1.807) is 45.0 Å². The first-order chi connectivity index (χ1) is 14.7. The highest BCUT2D eigenvalue weighted by atomic mass is 19.1. The third kappa shape index (κ3) is 4.47. The number of hydrogen-bond acceptors (Lipinski definition) is 4. The largest absolute Gasteiger partial charge is 0.352 e. The molecule has 3 aromatic rings. The number of rotatable bonds is 6. The van der Waals surface area contributed by atoms with E-state index in [2.05, 4.69) is 10.4 Å². The maximum Gasteiger partial charge on any atom is 0.352 e. The number of carbonyl (C=O) groups is 1. The van der Waals surface area contributed by atoms with Crippen LogP contribution in [0.4, 0.5) is 4.39 Å². The molecule has 1 aromatic heterocycles. The summed E-state index contributed by atoms with van der Waals surface area (Å²) in [6.45, 7) is 6.98. The summed E-state index contributed by atoms with van der Waals surface area (Å²) in [6.07, 6.45) is 0.656. The Labute approximate surface area is 179 Å². The number of nitrogens with one attached hydrogen (secondary N) is 1. The Bertz CT molecular complexity index is 1220. The summed E-state index contributed by atoms with van der Waals surface area (Å²) in [6, 6.07) is 12.3. The van der Waals surface area contributed by atoms with Gasteiger partial charge in [-0.05, 0) is 44.4 Å². The van der Waals surface area contributed by atoms with Crippen LogP contribution in [-0.4, -0.2) is 26.3 Å². The number of aryl methyl sites for hydroxylation is 1. The van der Waals surface area contributed by atoms with Crippen LogP contribution in [0, 0.1) is 12.7 Å². The summed E-state index contributed by atoms with van der Waals surface area (Å²) in [7, 11) is 0. The molecule has 31 heavy (non-hydrogen) atoms.